The summed E-state index contributed by atoms with van der Waals surface area (Å²) in [4.78, 5) is 17.0. The lowest BCUT2D eigenvalue weighted by atomic mass is 10.1. The van der Waals surface area contributed by atoms with E-state index in [0.29, 0.717) is 13.0 Å². The number of amides is 1. The van der Waals surface area contributed by atoms with Crippen LogP contribution < -0.4 is 9.64 Å². The summed E-state index contributed by atoms with van der Waals surface area (Å²) in [6.45, 7) is 3.16. The van der Waals surface area contributed by atoms with E-state index >= 15 is 0 Å². The molecule has 1 amide bonds. The number of fused-ring (bicyclic) bond motifs is 1. The van der Waals surface area contributed by atoms with Crippen molar-refractivity contribution in [2.75, 3.05) is 24.6 Å². The molecule has 0 aromatic heterocycles. The van der Waals surface area contributed by atoms with Crippen molar-refractivity contribution >= 4 is 11.6 Å². The molecule has 4 heteroatoms. The molecule has 4 rings (SSSR count). The minimum absolute atomic E-state index is 0.0724. The van der Waals surface area contributed by atoms with Crippen LogP contribution in [0.5, 0.6) is 5.75 Å². The van der Waals surface area contributed by atoms with Crippen molar-refractivity contribution in [3.63, 3.8) is 0 Å². The molecular formula is C21H24N2O2. The first-order valence-electron chi connectivity index (χ1n) is 9.11. The first kappa shape index (κ1) is 16.0. The van der Waals surface area contributed by atoms with Gasteiger partial charge in [0, 0.05) is 19.6 Å². The van der Waals surface area contributed by atoms with Crippen molar-refractivity contribution in [2.24, 2.45) is 0 Å². The molecule has 1 fully saturated rings. The van der Waals surface area contributed by atoms with Crippen LogP contribution in [0, 0.1) is 0 Å². The van der Waals surface area contributed by atoms with Gasteiger partial charge in [0.15, 0.2) is 0 Å². The zero-order valence-electron chi connectivity index (χ0n) is 14.4. The summed E-state index contributed by atoms with van der Waals surface area (Å²) in [5.74, 6) is 1.16. The number of hydrogen-bond donors (Lipinski definition) is 0. The molecule has 0 spiro atoms. The fourth-order valence-corrected chi connectivity index (χ4v) is 3.75. The molecule has 0 N–H and O–H groups in total. The molecule has 1 unspecified atom stereocenters. The largest absolute Gasteiger partial charge is 0.489 e. The van der Waals surface area contributed by atoms with Gasteiger partial charge in [0.2, 0.25) is 5.91 Å². The van der Waals surface area contributed by atoms with E-state index in [-0.39, 0.29) is 11.9 Å². The number of carbonyl (C=O) groups excluding carboxylic acids is 1. The minimum atomic E-state index is 0.0724. The highest BCUT2D eigenvalue weighted by Gasteiger charge is 2.31. The Kier molecular flexibility index (Phi) is 4.59. The number of likely N-dealkylation sites (tertiary alicyclic amines) is 1. The molecule has 0 saturated carbocycles. The van der Waals surface area contributed by atoms with Crippen LogP contribution in [0.2, 0.25) is 0 Å². The number of benzene rings is 2. The van der Waals surface area contributed by atoms with E-state index < -0.39 is 0 Å². The molecule has 25 heavy (non-hydrogen) atoms. The first-order valence-corrected chi connectivity index (χ1v) is 9.11. The highest BCUT2D eigenvalue weighted by atomic mass is 16.5. The van der Waals surface area contributed by atoms with Gasteiger partial charge in [0.25, 0.3) is 0 Å². The van der Waals surface area contributed by atoms with Gasteiger partial charge in [-0.25, -0.2) is 0 Å². The topological polar surface area (TPSA) is 32.8 Å². The highest BCUT2D eigenvalue weighted by Crippen LogP contribution is 2.35. The SMILES string of the molecule is O=C(CC1COc2ccccc2N1Cc1ccccc1)N1CCCC1. The van der Waals surface area contributed by atoms with Crippen molar-refractivity contribution in [3.05, 3.63) is 60.2 Å². The second-order valence-electron chi connectivity index (χ2n) is 6.84. The monoisotopic (exact) mass is 336 g/mol. The Labute approximate surface area is 149 Å². The molecule has 2 aliphatic rings. The van der Waals surface area contributed by atoms with E-state index in [0.717, 1.165) is 43.9 Å². The third kappa shape index (κ3) is 3.48. The van der Waals surface area contributed by atoms with E-state index in [9.17, 15) is 4.79 Å². The van der Waals surface area contributed by atoms with Crippen molar-refractivity contribution in [3.8, 4) is 5.75 Å². The summed E-state index contributed by atoms with van der Waals surface area (Å²) < 4.78 is 5.96. The average Bonchev–Trinajstić information content (AvgIpc) is 3.19. The second kappa shape index (κ2) is 7.18. The molecular weight excluding hydrogens is 312 g/mol. The lowest BCUT2D eigenvalue weighted by Crippen LogP contribution is -2.46. The van der Waals surface area contributed by atoms with Crippen molar-refractivity contribution in [1.82, 2.24) is 4.90 Å². The maximum absolute atomic E-state index is 12.7. The Bertz CT molecular complexity index is 726. The van der Waals surface area contributed by atoms with Gasteiger partial charge in [-0.3, -0.25) is 4.79 Å². The lowest BCUT2D eigenvalue weighted by molar-refractivity contribution is -0.130. The molecule has 1 atom stereocenters. The van der Waals surface area contributed by atoms with Crippen LogP contribution in [0.4, 0.5) is 5.69 Å². The van der Waals surface area contributed by atoms with E-state index in [1.165, 1.54) is 5.56 Å². The molecule has 1 saturated heterocycles. The molecule has 0 radical (unpaired) electrons. The summed E-state index contributed by atoms with van der Waals surface area (Å²) in [6.07, 6.45) is 2.77. The van der Waals surface area contributed by atoms with E-state index in [4.69, 9.17) is 4.74 Å². The molecule has 2 aliphatic heterocycles. The zero-order valence-corrected chi connectivity index (χ0v) is 14.4. The van der Waals surface area contributed by atoms with Crippen LogP contribution in [0.3, 0.4) is 0 Å². The van der Waals surface area contributed by atoms with E-state index in [1.807, 2.05) is 29.2 Å². The number of rotatable bonds is 4. The number of anilines is 1. The summed E-state index contributed by atoms with van der Waals surface area (Å²) in [5, 5.41) is 0. The van der Waals surface area contributed by atoms with Gasteiger partial charge < -0.3 is 14.5 Å². The van der Waals surface area contributed by atoms with Gasteiger partial charge in [-0.05, 0) is 30.5 Å². The van der Waals surface area contributed by atoms with Crippen LogP contribution in [0.15, 0.2) is 54.6 Å². The summed E-state index contributed by atoms with van der Waals surface area (Å²) >= 11 is 0. The van der Waals surface area contributed by atoms with Crippen molar-refractivity contribution < 1.29 is 9.53 Å². The molecule has 2 heterocycles. The van der Waals surface area contributed by atoms with Gasteiger partial charge in [-0.1, -0.05) is 42.5 Å². The Hall–Kier alpha value is -2.49. The standard InChI is InChI=1S/C21H24N2O2/c24-21(22-12-6-7-13-22)14-18-16-25-20-11-5-4-10-19(20)23(18)15-17-8-2-1-3-9-17/h1-5,8-11,18H,6-7,12-16H2. The van der Waals surface area contributed by atoms with E-state index in [2.05, 4.69) is 35.2 Å². The van der Waals surface area contributed by atoms with Crippen molar-refractivity contribution in [2.45, 2.75) is 31.8 Å². The second-order valence-corrected chi connectivity index (χ2v) is 6.84. The van der Waals surface area contributed by atoms with Crippen LogP contribution in [-0.4, -0.2) is 36.5 Å². The van der Waals surface area contributed by atoms with Gasteiger partial charge in [0.1, 0.15) is 12.4 Å². The Morgan fingerprint density at radius 3 is 2.52 bits per heavy atom. The fraction of sp³-hybridized carbons (Fsp3) is 0.381. The Balaban J connectivity index is 1.57. The summed E-state index contributed by atoms with van der Waals surface area (Å²) in [7, 11) is 0. The average molecular weight is 336 g/mol. The maximum atomic E-state index is 12.7. The minimum Gasteiger partial charge on any atom is -0.489 e. The zero-order chi connectivity index (χ0) is 17.1. The maximum Gasteiger partial charge on any atom is 0.224 e. The lowest BCUT2D eigenvalue weighted by Gasteiger charge is -2.39. The smallest absolute Gasteiger partial charge is 0.224 e. The number of para-hydroxylation sites is 2. The highest BCUT2D eigenvalue weighted by molar-refractivity contribution is 5.78. The van der Waals surface area contributed by atoms with Crippen molar-refractivity contribution in [1.29, 1.82) is 0 Å². The quantitative estimate of drug-likeness (QED) is 0.857. The van der Waals surface area contributed by atoms with Gasteiger partial charge in [0.05, 0.1) is 18.2 Å². The van der Waals surface area contributed by atoms with Crippen LogP contribution in [-0.2, 0) is 11.3 Å². The number of carbonyl (C=O) groups is 1. The number of ether oxygens (including phenoxy) is 1. The van der Waals surface area contributed by atoms with Crippen LogP contribution in [0.1, 0.15) is 24.8 Å². The molecule has 130 valence electrons. The third-order valence-electron chi connectivity index (χ3n) is 5.11. The summed E-state index contributed by atoms with van der Waals surface area (Å²) in [6, 6.07) is 18.6. The van der Waals surface area contributed by atoms with Gasteiger partial charge >= 0.3 is 0 Å². The van der Waals surface area contributed by atoms with Crippen LogP contribution in [0.25, 0.3) is 0 Å². The fourth-order valence-electron chi connectivity index (χ4n) is 3.75. The molecule has 0 bridgehead atoms. The van der Waals surface area contributed by atoms with Gasteiger partial charge in [-0.2, -0.15) is 0 Å². The third-order valence-corrected chi connectivity index (χ3v) is 5.11. The molecule has 2 aromatic carbocycles. The predicted octanol–water partition coefficient (Wildman–Crippen LogP) is 3.47. The van der Waals surface area contributed by atoms with Gasteiger partial charge in [-0.15, -0.1) is 0 Å². The van der Waals surface area contributed by atoms with Crippen LogP contribution >= 0.6 is 0 Å². The number of nitrogens with zero attached hydrogens (tertiary/aromatic N) is 2. The first-order chi connectivity index (χ1) is 12.3. The summed E-state index contributed by atoms with van der Waals surface area (Å²) in [5.41, 5.74) is 2.33. The molecule has 0 aliphatic carbocycles. The predicted molar refractivity (Wildman–Crippen MR) is 98.8 cm³/mol. The van der Waals surface area contributed by atoms with E-state index in [1.54, 1.807) is 0 Å². The Morgan fingerprint density at radius 1 is 1.00 bits per heavy atom. The number of hydrogen-bond acceptors (Lipinski definition) is 3. The molecule has 4 nitrogen and oxygen atoms in total. The Morgan fingerprint density at radius 2 is 1.72 bits per heavy atom. The normalized spacial score (nSPS) is 19.4. The molecule has 2 aromatic rings.